The number of hydrogen-bond donors (Lipinski definition) is 1. The first kappa shape index (κ1) is 22.6. The fraction of sp³-hybridized carbons (Fsp3) is 0.333. The SMILES string of the molecule is CC(C)NC(=O)C(C)N(Cc1cccc(Cl)c1)C(=O)CSc1ccc(Cl)cc1. The van der Waals surface area contributed by atoms with E-state index in [0.717, 1.165) is 10.5 Å². The molecule has 28 heavy (non-hydrogen) atoms. The number of rotatable bonds is 8. The third-order valence-corrected chi connectivity index (χ3v) is 5.50. The van der Waals surface area contributed by atoms with Gasteiger partial charge in [0, 0.05) is 27.5 Å². The summed E-state index contributed by atoms with van der Waals surface area (Å²) in [5.74, 6) is -0.0743. The van der Waals surface area contributed by atoms with Gasteiger partial charge in [0.15, 0.2) is 0 Å². The van der Waals surface area contributed by atoms with Crippen LogP contribution in [0.2, 0.25) is 10.0 Å². The predicted molar refractivity (Wildman–Crippen MR) is 117 cm³/mol. The summed E-state index contributed by atoms with van der Waals surface area (Å²) >= 11 is 13.4. The van der Waals surface area contributed by atoms with Gasteiger partial charge in [-0.25, -0.2) is 0 Å². The van der Waals surface area contributed by atoms with Crippen LogP contribution in [0.3, 0.4) is 0 Å². The Morgan fingerprint density at radius 3 is 2.32 bits per heavy atom. The molecule has 0 bridgehead atoms. The van der Waals surface area contributed by atoms with Crippen LogP contribution in [0.15, 0.2) is 53.4 Å². The molecule has 1 atom stereocenters. The number of amides is 2. The van der Waals surface area contributed by atoms with E-state index in [-0.39, 0.29) is 23.6 Å². The Morgan fingerprint density at radius 2 is 1.71 bits per heavy atom. The van der Waals surface area contributed by atoms with Crippen LogP contribution in [-0.4, -0.2) is 34.6 Å². The average Bonchev–Trinajstić information content (AvgIpc) is 2.64. The van der Waals surface area contributed by atoms with E-state index in [9.17, 15) is 9.59 Å². The first-order valence-corrected chi connectivity index (χ1v) is 10.7. The Bertz CT molecular complexity index is 812. The zero-order valence-electron chi connectivity index (χ0n) is 16.1. The van der Waals surface area contributed by atoms with Gasteiger partial charge in [0.25, 0.3) is 0 Å². The number of hydrogen-bond acceptors (Lipinski definition) is 3. The molecule has 0 aliphatic carbocycles. The van der Waals surface area contributed by atoms with E-state index >= 15 is 0 Å². The van der Waals surface area contributed by atoms with E-state index < -0.39 is 6.04 Å². The largest absolute Gasteiger partial charge is 0.352 e. The Labute approximate surface area is 180 Å². The van der Waals surface area contributed by atoms with Crippen molar-refractivity contribution in [2.24, 2.45) is 0 Å². The van der Waals surface area contributed by atoms with Gasteiger partial charge < -0.3 is 10.2 Å². The molecular formula is C21H24Cl2N2O2S. The van der Waals surface area contributed by atoms with Crippen molar-refractivity contribution in [3.05, 3.63) is 64.1 Å². The zero-order chi connectivity index (χ0) is 20.7. The number of carbonyl (C=O) groups is 2. The number of carbonyl (C=O) groups excluding carboxylic acids is 2. The monoisotopic (exact) mass is 438 g/mol. The zero-order valence-corrected chi connectivity index (χ0v) is 18.4. The molecule has 0 saturated heterocycles. The maximum Gasteiger partial charge on any atom is 0.242 e. The minimum absolute atomic E-state index is 0.00140. The van der Waals surface area contributed by atoms with Crippen molar-refractivity contribution in [2.75, 3.05) is 5.75 Å². The fourth-order valence-electron chi connectivity index (χ4n) is 2.58. The number of nitrogens with one attached hydrogen (secondary N) is 1. The van der Waals surface area contributed by atoms with E-state index in [4.69, 9.17) is 23.2 Å². The van der Waals surface area contributed by atoms with Crippen LogP contribution in [0.25, 0.3) is 0 Å². The lowest BCUT2D eigenvalue weighted by Crippen LogP contribution is -2.49. The van der Waals surface area contributed by atoms with Crippen molar-refractivity contribution >= 4 is 46.8 Å². The molecule has 2 aromatic carbocycles. The van der Waals surface area contributed by atoms with Crippen LogP contribution < -0.4 is 5.32 Å². The molecule has 2 rings (SSSR count). The Hall–Kier alpha value is -1.69. The van der Waals surface area contributed by atoms with E-state index in [1.165, 1.54) is 11.8 Å². The van der Waals surface area contributed by atoms with Gasteiger partial charge in [-0.2, -0.15) is 0 Å². The minimum atomic E-state index is -0.598. The molecule has 0 aliphatic rings. The summed E-state index contributed by atoms with van der Waals surface area (Å²) in [7, 11) is 0. The first-order valence-electron chi connectivity index (χ1n) is 8.99. The van der Waals surface area contributed by atoms with Gasteiger partial charge in [0.1, 0.15) is 6.04 Å². The molecule has 2 aromatic rings. The maximum atomic E-state index is 13.0. The van der Waals surface area contributed by atoms with E-state index in [2.05, 4.69) is 5.32 Å². The molecule has 0 saturated carbocycles. The molecular weight excluding hydrogens is 415 g/mol. The average molecular weight is 439 g/mol. The standard InChI is InChI=1S/C21H24Cl2N2O2S/c1-14(2)24-21(27)15(3)25(12-16-5-4-6-18(23)11-16)20(26)13-28-19-9-7-17(22)8-10-19/h4-11,14-15H,12-13H2,1-3H3,(H,24,27). The Kier molecular flexibility index (Phi) is 8.67. The molecule has 0 aromatic heterocycles. The van der Waals surface area contributed by atoms with Crippen molar-refractivity contribution in [1.29, 1.82) is 0 Å². The summed E-state index contributed by atoms with van der Waals surface area (Å²) in [6.07, 6.45) is 0. The van der Waals surface area contributed by atoms with Crippen molar-refractivity contribution in [3.8, 4) is 0 Å². The Morgan fingerprint density at radius 1 is 1.04 bits per heavy atom. The molecule has 0 radical (unpaired) electrons. The minimum Gasteiger partial charge on any atom is -0.352 e. The van der Waals surface area contributed by atoms with Gasteiger partial charge in [0.2, 0.25) is 11.8 Å². The van der Waals surface area contributed by atoms with E-state index in [0.29, 0.717) is 16.6 Å². The molecule has 1 unspecified atom stereocenters. The molecule has 0 spiro atoms. The van der Waals surface area contributed by atoms with Crippen molar-refractivity contribution in [1.82, 2.24) is 10.2 Å². The molecule has 4 nitrogen and oxygen atoms in total. The van der Waals surface area contributed by atoms with Crippen molar-refractivity contribution in [2.45, 2.75) is 44.3 Å². The van der Waals surface area contributed by atoms with Gasteiger partial charge in [-0.15, -0.1) is 11.8 Å². The highest BCUT2D eigenvalue weighted by Gasteiger charge is 2.26. The van der Waals surface area contributed by atoms with Crippen molar-refractivity contribution < 1.29 is 9.59 Å². The van der Waals surface area contributed by atoms with Gasteiger partial charge in [-0.1, -0.05) is 35.3 Å². The molecule has 7 heteroatoms. The van der Waals surface area contributed by atoms with E-state index in [1.807, 2.05) is 38.1 Å². The van der Waals surface area contributed by atoms with Gasteiger partial charge in [0.05, 0.1) is 5.75 Å². The summed E-state index contributed by atoms with van der Waals surface area (Å²) in [6.45, 7) is 5.84. The van der Waals surface area contributed by atoms with Gasteiger partial charge in [-0.3, -0.25) is 9.59 Å². The predicted octanol–water partition coefficient (Wildman–Crippen LogP) is 5.03. The lowest BCUT2D eigenvalue weighted by molar-refractivity contribution is -0.138. The second-order valence-corrected chi connectivity index (χ2v) is 8.66. The number of halogens is 2. The summed E-state index contributed by atoms with van der Waals surface area (Å²) < 4.78 is 0. The Balaban J connectivity index is 2.14. The summed E-state index contributed by atoms with van der Waals surface area (Å²) in [6, 6.07) is 14.0. The molecule has 2 amide bonds. The smallest absolute Gasteiger partial charge is 0.242 e. The highest BCUT2D eigenvalue weighted by molar-refractivity contribution is 8.00. The molecule has 1 N–H and O–H groups in total. The molecule has 150 valence electrons. The second kappa shape index (κ2) is 10.7. The topological polar surface area (TPSA) is 49.4 Å². The number of benzene rings is 2. The maximum absolute atomic E-state index is 13.0. The number of thioether (sulfide) groups is 1. The van der Waals surface area contributed by atoms with Crippen molar-refractivity contribution in [3.63, 3.8) is 0 Å². The molecule has 0 fully saturated rings. The fourth-order valence-corrected chi connectivity index (χ4v) is 3.70. The van der Waals surface area contributed by atoms with Crippen LogP contribution >= 0.6 is 35.0 Å². The third-order valence-electron chi connectivity index (χ3n) is 4.02. The van der Waals surface area contributed by atoms with Gasteiger partial charge in [-0.05, 0) is 62.7 Å². The summed E-state index contributed by atoms with van der Waals surface area (Å²) in [5, 5.41) is 4.12. The van der Waals surface area contributed by atoms with Crippen LogP contribution in [0.1, 0.15) is 26.3 Å². The van der Waals surface area contributed by atoms with Gasteiger partial charge >= 0.3 is 0 Å². The lowest BCUT2D eigenvalue weighted by atomic mass is 10.1. The lowest BCUT2D eigenvalue weighted by Gasteiger charge is -2.29. The molecule has 0 heterocycles. The highest BCUT2D eigenvalue weighted by Crippen LogP contribution is 2.22. The third kappa shape index (κ3) is 7.04. The second-order valence-electron chi connectivity index (χ2n) is 6.73. The quantitative estimate of drug-likeness (QED) is 0.587. The summed E-state index contributed by atoms with van der Waals surface area (Å²) in [4.78, 5) is 28.0. The van der Waals surface area contributed by atoms with Crippen LogP contribution in [0.5, 0.6) is 0 Å². The highest BCUT2D eigenvalue weighted by atomic mass is 35.5. The van der Waals surface area contributed by atoms with Crippen LogP contribution in [0, 0.1) is 0 Å². The normalized spacial score (nSPS) is 11.9. The van der Waals surface area contributed by atoms with Crippen LogP contribution in [0.4, 0.5) is 0 Å². The molecule has 0 aliphatic heterocycles. The van der Waals surface area contributed by atoms with Crippen LogP contribution in [-0.2, 0) is 16.1 Å². The number of nitrogens with zero attached hydrogens (tertiary/aromatic N) is 1. The first-order chi connectivity index (χ1) is 13.3. The van der Waals surface area contributed by atoms with E-state index in [1.54, 1.807) is 36.1 Å². The summed E-state index contributed by atoms with van der Waals surface area (Å²) in [5.41, 5.74) is 0.876.